The summed E-state index contributed by atoms with van der Waals surface area (Å²) >= 11 is 1.49. The summed E-state index contributed by atoms with van der Waals surface area (Å²) in [6.07, 6.45) is 2.61. The normalized spacial score (nSPS) is 15.4. The molecule has 0 aliphatic carbocycles. The summed E-state index contributed by atoms with van der Waals surface area (Å²) in [5.74, 6) is -2.47. The van der Waals surface area contributed by atoms with Crippen LogP contribution in [0.5, 0.6) is 0 Å². The molecule has 0 fully saturated rings. The highest BCUT2D eigenvalue weighted by atomic mass is 32.2. The van der Waals surface area contributed by atoms with E-state index in [9.17, 15) is 24.3 Å². The first kappa shape index (κ1) is 24.2. The maximum Gasteiger partial charge on any atom is 0.326 e. The van der Waals surface area contributed by atoms with Crippen molar-refractivity contribution in [2.45, 2.75) is 57.7 Å². The van der Waals surface area contributed by atoms with Gasteiger partial charge in [0.05, 0.1) is 6.04 Å². The molecule has 9 nitrogen and oxygen atoms in total. The van der Waals surface area contributed by atoms with E-state index in [1.165, 1.54) is 11.8 Å². The number of nitrogens with one attached hydrogen (secondary N) is 2. The molecule has 0 unspecified atom stereocenters. The summed E-state index contributed by atoms with van der Waals surface area (Å²) in [4.78, 5) is 46.8. The van der Waals surface area contributed by atoms with Crippen LogP contribution < -0.4 is 22.1 Å². The summed E-state index contributed by atoms with van der Waals surface area (Å²) < 4.78 is 0. The van der Waals surface area contributed by atoms with Gasteiger partial charge in [-0.3, -0.25) is 14.4 Å². The van der Waals surface area contributed by atoms with Crippen LogP contribution in [0.25, 0.3) is 0 Å². The average Bonchev–Trinajstić information content (AvgIpc) is 2.59. The smallest absolute Gasteiger partial charge is 0.326 e. The predicted octanol–water partition coefficient (Wildman–Crippen LogP) is -0.567. The third-order valence-electron chi connectivity index (χ3n) is 4.10. The van der Waals surface area contributed by atoms with Crippen molar-refractivity contribution in [2.24, 2.45) is 17.4 Å². The van der Waals surface area contributed by atoms with Gasteiger partial charge in [0, 0.05) is 6.42 Å². The van der Waals surface area contributed by atoms with Crippen molar-refractivity contribution in [3.8, 4) is 0 Å². The van der Waals surface area contributed by atoms with Crippen LogP contribution in [-0.2, 0) is 19.2 Å². The number of carbonyl (C=O) groups is 4. The molecule has 0 aromatic carbocycles. The van der Waals surface area contributed by atoms with Gasteiger partial charge in [-0.2, -0.15) is 11.8 Å². The molecule has 0 spiro atoms. The highest BCUT2D eigenvalue weighted by molar-refractivity contribution is 7.98. The second-order valence-electron chi connectivity index (χ2n) is 6.16. The first-order chi connectivity index (χ1) is 12.1. The van der Waals surface area contributed by atoms with Crippen molar-refractivity contribution in [3.05, 3.63) is 0 Å². The fourth-order valence-electron chi connectivity index (χ4n) is 2.10. The summed E-state index contributed by atoms with van der Waals surface area (Å²) in [5.41, 5.74) is 10.9. The van der Waals surface area contributed by atoms with Crippen molar-refractivity contribution in [1.29, 1.82) is 0 Å². The number of carboxylic acids is 1. The minimum Gasteiger partial charge on any atom is -0.480 e. The average molecular weight is 391 g/mol. The standard InChI is InChI=1S/C16H30N4O5S/c1-4-9(2)13(18)15(23)19-10(7-8-26-3)14(22)20-11(16(24)25)5-6-12(17)21/h9-11,13H,4-8,18H2,1-3H3,(H2,17,21)(H,19,23)(H,20,22)(H,24,25)/t9-,10-,11-,13-/m0/s1. The molecule has 0 bridgehead atoms. The van der Waals surface area contributed by atoms with Crippen molar-refractivity contribution in [2.75, 3.05) is 12.0 Å². The minimum atomic E-state index is -1.27. The van der Waals surface area contributed by atoms with Crippen LogP contribution >= 0.6 is 11.8 Å². The van der Waals surface area contributed by atoms with Gasteiger partial charge in [0.2, 0.25) is 17.7 Å². The number of aliphatic carboxylic acids is 1. The van der Waals surface area contributed by atoms with Crippen LogP contribution in [0.3, 0.4) is 0 Å². The number of primary amides is 1. The fraction of sp³-hybridized carbons (Fsp3) is 0.750. The van der Waals surface area contributed by atoms with E-state index in [1.807, 2.05) is 20.1 Å². The Morgan fingerprint density at radius 3 is 2.12 bits per heavy atom. The molecule has 150 valence electrons. The number of nitrogens with two attached hydrogens (primary N) is 2. The van der Waals surface area contributed by atoms with Crippen molar-refractivity contribution in [1.82, 2.24) is 10.6 Å². The van der Waals surface area contributed by atoms with Gasteiger partial charge in [0.25, 0.3) is 0 Å². The van der Waals surface area contributed by atoms with Crippen LogP contribution in [-0.4, -0.2) is 58.9 Å². The van der Waals surface area contributed by atoms with Crippen molar-refractivity contribution < 1.29 is 24.3 Å². The number of carbonyl (C=O) groups excluding carboxylic acids is 3. The molecule has 10 heteroatoms. The molecule has 0 saturated heterocycles. The zero-order valence-electron chi connectivity index (χ0n) is 15.5. The lowest BCUT2D eigenvalue weighted by Gasteiger charge is -2.24. The Morgan fingerprint density at radius 1 is 1.08 bits per heavy atom. The first-order valence-electron chi connectivity index (χ1n) is 8.50. The van der Waals surface area contributed by atoms with E-state index in [-0.39, 0.29) is 18.8 Å². The SMILES string of the molecule is CC[C@H](C)[C@H](N)C(=O)N[C@@H](CCSC)C(=O)N[C@@H](CCC(N)=O)C(=O)O. The minimum absolute atomic E-state index is 0.0541. The Labute approximate surface area is 158 Å². The number of hydrogen-bond donors (Lipinski definition) is 5. The molecule has 0 aromatic heterocycles. The fourth-order valence-corrected chi connectivity index (χ4v) is 2.57. The van der Waals surface area contributed by atoms with Gasteiger partial charge in [-0.1, -0.05) is 20.3 Å². The largest absolute Gasteiger partial charge is 0.480 e. The molecular formula is C16H30N4O5S. The summed E-state index contributed by atoms with van der Waals surface area (Å²) in [6.45, 7) is 3.75. The first-order valence-corrected chi connectivity index (χ1v) is 9.89. The van der Waals surface area contributed by atoms with Gasteiger partial charge in [0.15, 0.2) is 0 Å². The molecular weight excluding hydrogens is 360 g/mol. The van der Waals surface area contributed by atoms with E-state index in [1.54, 1.807) is 0 Å². The molecule has 0 saturated carbocycles. The zero-order chi connectivity index (χ0) is 20.3. The molecule has 0 aliphatic rings. The van der Waals surface area contributed by atoms with Crippen molar-refractivity contribution in [3.63, 3.8) is 0 Å². The lowest BCUT2D eigenvalue weighted by Crippen LogP contribution is -2.55. The number of hydrogen-bond acceptors (Lipinski definition) is 6. The highest BCUT2D eigenvalue weighted by Crippen LogP contribution is 2.08. The van der Waals surface area contributed by atoms with E-state index in [0.29, 0.717) is 18.6 Å². The van der Waals surface area contributed by atoms with E-state index in [4.69, 9.17) is 11.5 Å². The lowest BCUT2D eigenvalue weighted by atomic mass is 9.99. The van der Waals surface area contributed by atoms with E-state index < -0.39 is 41.8 Å². The molecule has 0 heterocycles. The van der Waals surface area contributed by atoms with Gasteiger partial charge in [-0.05, 0) is 30.8 Å². The van der Waals surface area contributed by atoms with E-state index in [0.717, 1.165) is 0 Å². The highest BCUT2D eigenvalue weighted by Gasteiger charge is 2.29. The van der Waals surface area contributed by atoms with E-state index in [2.05, 4.69) is 10.6 Å². The molecule has 0 rings (SSSR count). The summed E-state index contributed by atoms with van der Waals surface area (Å²) in [7, 11) is 0. The van der Waals surface area contributed by atoms with Gasteiger partial charge in [-0.15, -0.1) is 0 Å². The van der Waals surface area contributed by atoms with Gasteiger partial charge >= 0.3 is 5.97 Å². The third kappa shape index (κ3) is 9.04. The third-order valence-corrected chi connectivity index (χ3v) is 4.74. The molecule has 0 aliphatic heterocycles. The van der Waals surface area contributed by atoms with Crippen LogP contribution in [0.4, 0.5) is 0 Å². The maximum absolute atomic E-state index is 12.5. The maximum atomic E-state index is 12.5. The predicted molar refractivity (Wildman–Crippen MR) is 100 cm³/mol. The van der Waals surface area contributed by atoms with Crippen molar-refractivity contribution >= 4 is 35.5 Å². The molecule has 0 aromatic rings. The number of carboxylic acid groups (broad SMARTS) is 1. The summed E-state index contributed by atoms with van der Waals surface area (Å²) in [5, 5.41) is 14.1. The number of amides is 3. The van der Waals surface area contributed by atoms with Gasteiger partial charge in [0.1, 0.15) is 12.1 Å². The van der Waals surface area contributed by atoms with E-state index >= 15 is 0 Å². The number of rotatable bonds is 13. The number of thioether (sulfide) groups is 1. The van der Waals surface area contributed by atoms with Crippen LogP contribution in [0, 0.1) is 5.92 Å². The van der Waals surface area contributed by atoms with Crippen LogP contribution in [0.1, 0.15) is 39.5 Å². The molecule has 3 amide bonds. The Bertz CT molecular complexity index is 503. The Kier molecular flexibility index (Phi) is 11.7. The topological polar surface area (TPSA) is 165 Å². The Hall–Kier alpha value is -1.81. The molecule has 26 heavy (non-hydrogen) atoms. The van der Waals surface area contributed by atoms with Crippen LogP contribution in [0.2, 0.25) is 0 Å². The van der Waals surface area contributed by atoms with Gasteiger partial charge < -0.3 is 27.2 Å². The Morgan fingerprint density at radius 2 is 1.65 bits per heavy atom. The molecule has 7 N–H and O–H groups in total. The lowest BCUT2D eigenvalue weighted by molar-refractivity contribution is -0.142. The molecule has 4 atom stereocenters. The quantitative estimate of drug-likeness (QED) is 0.281. The second kappa shape index (κ2) is 12.5. The van der Waals surface area contributed by atoms with Crippen LogP contribution in [0.15, 0.2) is 0 Å². The van der Waals surface area contributed by atoms with Gasteiger partial charge in [-0.25, -0.2) is 4.79 Å². The second-order valence-corrected chi connectivity index (χ2v) is 7.14. The monoisotopic (exact) mass is 390 g/mol. The summed E-state index contributed by atoms with van der Waals surface area (Å²) in [6, 6.07) is -2.91. The zero-order valence-corrected chi connectivity index (χ0v) is 16.3. The Balaban J connectivity index is 5.02. The molecule has 0 radical (unpaired) electrons.